The van der Waals surface area contributed by atoms with E-state index in [1.165, 1.54) is 4.31 Å². The third kappa shape index (κ3) is 3.91. The van der Waals surface area contributed by atoms with Crippen molar-refractivity contribution in [3.63, 3.8) is 0 Å². The molecular formula is C21H26N2O4S. The standard InChI is InChI=1S/C21H26N2O4S/c1-4-22(5-2)28(25,26)19-10-11-20-17(15-19)12-13-23(20)21(24)14-16-6-8-18(27-3)9-7-16/h6-11,15H,4-5,12-14H2,1-3H3. The van der Waals surface area contributed by atoms with Crippen LogP contribution in [0, 0.1) is 0 Å². The first-order valence-electron chi connectivity index (χ1n) is 9.47. The fraction of sp³-hybridized carbons (Fsp3) is 0.381. The lowest BCUT2D eigenvalue weighted by Gasteiger charge is -2.20. The highest BCUT2D eigenvalue weighted by Gasteiger charge is 2.28. The fourth-order valence-electron chi connectivity index (χ4n) is 3.52. The number of benzene rings is 2. The molecule has 3 rings (SSSR count). The third-order valence-corrected chi connectivity index (χ3v) is 7.15. The van der Waals surface area contributed by atoms with Crippen LogP contribution >= 0.6 is 0 Å². The number of ether oxygens (including phenoxy) is 1. The van der Waals surface area contributed by atoms with E-state index in [-0.39, 0.29) is 5.91 Å². The maximum Gasteiger partial charge on any atom is 0.243 e. The Morgan fingerprint density at radius 1 is 1.11 bits per heavy atom. The second-order valence-corrected chi connectivity index (χ2v) is 8.64. The zero-order valence-corrected chi connectivity index (χ0v) is 17.3. The van der Waals surface area contributed by atoms with E-state index in [1.807, 2.05) is 38.1 Å². The SMILES string of the molecule is CCN(CC)S(=O)(=O)c1ccc2c(c1)CCN2C(=O)Cc1ccc(OC)cc1. The van der Waals surface area contributed by atoms with Gasteiger partial charge in [0, 0.05) is 25.3 Å². The summed E-state index contributed by atoms with van der Waals surface area (Å²) >= 11 is 0. The second kappa shape index (κ2) is 8.32. The summed E-state index contributed by atoms with van der Waals surface area (Å²) in [7, 11) is -1.89. The summed E-state index contributed by atoms with van der Waals surface area (Å²) in [5.74, 6) is 0.757. The van der Waals surface area contributed by atoms with Crippen LogP contribution in [0.5, 0.6) is 5.75 Å². The van der Waals surface area contributed by atoms with E-state index < -0.39 is 10.0 Å². The second-order valence-electron chi connectivity index (χ2n) is 6.70. The van der Waals surface area contributed by atoms with E-state index in [9.17, 15) is 13.2 Å². The van der Waals surface area contributed by atoms with Gasteiger partial charge in [-0.25, -0.2) is 8.42 Å². The number of hydrogen-bond acceptors (Lipinski definition) is 4. The van der Waals surface area contributed by atoms with Gasteiger partial charge in [0.2, 0.25) is 15.9 Å². The van der Waals surface area contributed by atoms with Crippen molar-refractivity contribution in [2.75, 3.05) is 31.6 Å². The van der Waals surface area contributed by atoms with Gasteiger partial charge in [0.15, 0.2) is 0 Å². The van der Waals surface area contributed by atoms with E-state index in [2.05, 4.69) is 0 Å². The molecule has 6 nitrogen and oxygen atoms in total. The molecular weight excluding hydrogens is 376 g/mol. The van der Waals surface area contributed by atoms with Crippen molar-refractivity contribution < 1.29 is 17.9 Å². The number of amides is 1. The van der Waals surface area contributed by atoms with Crippen LogP contribution in [0.1, 0.15) is 25.0 Å². The summed E-state index contributed by atoms with van der Waals surface area (Å²) in [4.78, 5) is 14.8. The van der Waals surface area contributed by atoms with Crippen molar-refractivity contribution >= 4 is 21.6 Å². The highest BCUT2D eigenvalue weighted by molar-refractivity contribution is 7.89. The molecule has 0 bridgehead atoms. The Balaban J connectivity index is 1.79. The molecule has 2 aromatic carbocycles. The van der Waals surface area contributed by atoms with Crippen molar-refractivity contribution in [1.82, 2.24) is 4.31 Å². The molecule has 1 aliphatic heterocycles. The van der Waals surface area contributed by atoms with Gasteiger partial charge in [-0.05, 0) is 47.9 Å². The predicted octanol–water partition coefficient (Wildman–Crippen LogP) is 2.86. The Hall–Kier alpha value is -2.38. The number of fused-ring (bicyclic) bond motifs is 1. The minimum absolute atomic E-state index is 0.00302. The van der Waals surface area contributed by atoms with Crippen molar-refractivity contribution in [3.05, 3.63) is 53.6 Å². The normalized spacial score (nSPS) is 13.6. The highest BCUT2D eigenvalue weighted by Crippen LogP contribution is 2.31. The van der Waals surface area contributed by atoms with E-state index in [0.29, 0.717) is 37.4 Å². The summed E-state index contributed by atoms with van der Waals surface area (Å²) in [5.41, 5.74) is 2.62. The van der Waals surface area contributed by atoms with Crippen LogP contribution in [-0.4, -0.2) is 45.4 Å². The number of hydrogen-bond donors (Lipinski definition) is 0. The molecule has 0 spiro atoms. The number of carbonyl (C=O) groups excluding carboxylic acids is 1. The molecule has 1 aliphatic rings. The molecule has 0 fully saturated rings. The Bertz CT molecular complexity index is 951. The number of carbonyl (C=O) groups is 1. The monoisotopic (exact) mass is 402 g/mol. The molecule has 0 radical (unpaired) electrons. The smallest absolute Gasteiger partial charge is 0.243 e. The maximum absolute atomic E-state index is 12.8. The highest BCUT2D eigenvalue weighted by atomic mass is 32.2. The first-order chi connectivity index (χ1) is 13.4. The van der Waals surface area contributed by atoms with Crippen molar-refractivity contribution in [2.24, 2.45) is 0 Å². The molecule has 0 saturated carbocycles. The van der Waals surface area contributed by atoms with Gasteiger partial charge in [0.05, 0.1) is 18.4 Å². The first-order valence-corrected chi connectivity index (χ1v) is 10.9. The van der Waals surface area contributed by atoms with Crippen LogP contribution in [0.2, 0.25) is 0 Å². The van der Waals surface area contributed by atoms with Gasteiger partial charge in [0.1, 0.15) is 5.75 Å². The molecule has 0 aromatic heterocycles. The van der Waals surface area contributed by atoms with Gasteiger partial charge in [-0.2, -0.15) is 4.31 Å². The third-order valence-electron chi connectivity index (χ3n) is 5.11. The number of nitrogens with zero attached hydrogens (tertiary/aromatic N) is 2. The number of methoxy groups -OCH3 is 1. The zero-order chi connectivity index (χ0) is 20.3. The lowest BCUT2D eigenvalue weighted by Crippen LogP contribution is -2.31. The minimum Gasteiger partial charge on any atom is -0.497 e. The van der Waals surface area contributed by atoms with E-state index in [1.54, 1.807) is 30.2 Å². The predicted molar refractivity (Wildman–Crippen MR) is 109 cm³/mol. The summed E-state index contributed by atoms with van der Waals surface area (Å²) in [6.45, 7) is 5.09. The van der Waals surface area contributed by atoms with Crippen LogP contribution in [0.4, 0.5) is 5.69 Å². The van der Waals surface area contributed by atoms with Gasteiger partial charge < -0.3 is 9.64 Å². The summed E-state index contributed by atoms with van der Waals surface area (Å²) in [6, 6.07) is 12.5. The van der Waals surface area contributed by atoms with Gasteiger partial charge in [0.25, 0.3) is 0 Å². The Kier molecular flexibility index (Phi) is 6.05. The van der Waals surface area contributed by atoms with E-state index in [4.69, 9.17) is 4.74 Å². The van der Waals surface area contributed by atoms with Crippen LogP contribution < -0.4 is 9.64 Å². The van der Waals surface area contributed by atoms with Crippen LogP contribution in [-0.2, 0) is 27.7 Å². The Labute approximate surface area is 166 Å². The summed E-state index contributed by atoms with van der Waals surface area (Å²) < 4.78 is 32.1. The molecule has 1 amide bonds. The van der Waals surface area contributed by atoms with Gasteiger partial charge in [-0.15, -0.1) is 0 Å². The summed E-state index contributed by atoms with van der Waals surface area (Å²) in [6.07, 6.45) is 0.953. The average Bonchev–Trinajstić information content (AvgIpc) is 3.12. The lowest BCUT2D eigenvalue weighted by atomic mass is 10.1. The van der Waals surface area contributed by atoms with Gasteiger partial charge in [-0.1, -0.05) is 26.0 Å². The lowest BCUT2D eigenvalue weighted by molar-refractivity contribution is -0.117. The molecule has 1 heterocycles. The first kappa shape index (κ1) is 20.4. The quantitative estimate of drug-likeness (QED) is 0.714. The Morgan fingerprint density at radius 3 is 2.39 bits per heavy atom. The van der Waals surface area contributed by atoms with Crippen molar-refractivity contribution in [2.45, 2.75) is 31.6 Å². The largest absolute Gasteiger partial charge is 0.497 e. The van der Waals surface area contributed by atoms with Crippen LogP contribution in [0.25, 0.3) is 0 Å². The fourth-order valence-corrected chi connectivity index (χ4v) is 5.03. The van der Waals surface area contributed by atoms with Crippen molar-refractivity contribution in [1.29, 1.82) is 0 Å². The minimum atomic E-state index is -3.50. The Morgan fingerprint density at radius 2 is 1.79 bits per heavy atom. The van der Waals surface area contributed by atoms with Crippen LogP contribution in [0.15, 0.2) is 47.4 Å². The molecule has 2 aromatic rings. The van der Waals surface area contributed by atoms with Gasteiger partial charge in [-0.3, -0.25) is 4.79 Å². The van der Waals surface area contributed by atoms with E-state index in [0.717, 1.165) is 22.6 Å². The molecule has 150 valence electrons. The molecule has 0 atom stereocenters. The average molecular weight is 403 g/mol. The molecule has 7 heteroatoms. The van der Waals surface area contributed by atoms with Gasteiger partial charge >= 0.3 is 0 Å². The number of rotatable bonds is 7. The molecule has 0 unspecified atom stereocenters. The molecule has 0 aliphatic carbocycles. The molecule has 0 N–H and O–H groups in total. The maximum atomic E-state index is 12.8. The van der Waals surface area contributed by atoms with Crippen molar-refractivity contribution in [3.8, 4) is 5.75 Å². The zero-order valence-electron chi connectivity index (χ0n) is 16.5. The topological polar surface area (TPSA) is 66.9 Å². The van der Waals surface area contributed by atoms with Crippen LogP contribution in [0.3, 0.4) is 0 Å². The number of sulfonamides is 1. The molecule has 0 saturated heterocycles. The van der Waals surface area contributed by atoms with E-state index >= 15 is 0 Å². The summed E-state index contributed by atoms with van der Waals surface area (Å²) in [5, 5.41) is 0. The molecule has 28 heavy (non-hydrogen) atoms. The number of anilines is 1.